The van der Waals surface area contributed by atoms with E-state index >= 15 is 0 Å². The van der Waals surface area contributed by atoms with Crippen LogP contribution in [0, 0.1) is 5.92 Å². The highest BCUT2D eigenvalue weighted by molar-refractivity contribution is 5.60. The summed E-state index contributed by atoms with van der Waals surface area (Å²) < 4.78 is 0. The summed E-state index contributed by atoms with van der Waals surface area (Å²) in [6.07, 6.45) is 18.9. The summed E-state index contributed by atoms with van der Waals surface area (Å²) in [6, 6.07) is 0. The third kappa shape index (κ3) is 1.21. The van der Waals surface area contributed by atoms with Gasteiger partial charge >= 0.3 is 0 Å². The molecule has 1 atom stereocenters. The van der Waals surface area contributed by atoms with Crippen molar-refractivity contribution in [1.82, 2.24) is 0 Å². The molecule has 0 aromatic carbocycles. The second-order valence-electron chi connectivity index (χ2n) is 4.15. The Bertz CT molecular complexity index is 476. The van der Waals surface area contributed by atoms with Crippen molar-refractivity contribution in [3.05, 3.63) is 70.9 Å². The smallest absolute Gasteiger partial charge is 0.0342 e. The minimum Gasteiger partial charge on any atom is -0.0617 e. The Hall–Kier alpha value is -1.56. The van der Waals surface area contributed by atoms with E-state index < -0.39 is 0 Å². The van der Waals surface area contributed by atoms with Crippen LogP contribution in [0.4, 0.5) is 0 Å². The summed E-state index contributed by atoms with van der Waals surface area (Å²) in [6.45, 7) is 2.23. The molecule has 0 radical (unpaired) electrons. The molecular weight excluding hydrogens is 180 g/mol. The summed E-state index contributed by atoms with van der Waals surface area (Å²) in [5, 5.41) is 0. The fourth-order valence-corrected chi connectivity index (χ4v) is 2.58. The van der Waals surface area contributed by atoms with Gasteiger partial charge in [0.25, 0.3) is 0 Å². The van der Waals surface area contributed by atoms with Crippen molar-refractivity contribution in [3.8, 4) is 0 Å². The van der Waals surface area contributed by atoms with Crippen LogP contribution < -0.4 is 0 Å². The average Bonchev–Trinajstić information content (AvgIpc) is 2.30. The predicted molar refractivity (Wildman–Crippen MR) is 64.4 cm³/mol. The van der Waals surface area contributed by atoms with Crippen LogP contribution in [0.15, 0.2) is 70.9 Å². The number of rotatable bonds is 1. The van der Waals surface area contributed by atoms with Crippen LogP contribution in [0.5, 0.6) is 0 Å². The summed E-state index contributed by atoms with van der Waals surface area (Å²) in [4.78, 5) is 0. The molecule has 0 N–H and O–H groups in total. The SMILES string of the molecule is CCC1=CC=C2C=CC=C3C=CC=C1C32. The van der Waals surface area contributed by atoms with E-state index in [-0.39, 0.29) is 0 Å². The zero-order chi connectivity index (χ0) is 10.3. The van der Waals surface area contributed by atoms with Crippen molar-refractivity contribution in [2.24, 2.45) is 5.92 Å². The monoisotopic (exact) mass is 194 g/mol. The molecule has 3 aliphatic carbocycles. The lowest BCUT2D eigenvalue weighted by Gasteiger charge is -2.31. The number of hydrogen-bond donors (Lipinski definition) is 0. The van der Waals surface area contributed by atoms with E-state index in [0.717, 1.165) is 6.42 Å². The van der Waals surface area contributed by atoms with Gasteiger partial charge < -0.3 is 0 Å². The zero-order valence-corrected chi connectivity index (χ0v) is 8.90. The van der Waals surface area contributed by atoms with Gasteiger partial charge in [-0.3, -0.25) is 0 Å². The standard InChI is InChI=1S/C15H14/c1-2-11-9-10-13-6-3-5-12-7-4-8-14(11)15(12)13/h3-10,15H,2H2,1H3. The maximum Gasteiger partial charge on any atom is 0.0342 e. The Morgan fingerprint density at radius 2 is 1.67 bits per heavy atom. The quantitative estimate of drug-likeness (QED) is 0.594. The molecule has 0 bridgehead atoms. The molecule has 0 heterocycles. The third-order valence-electron chi connectivity index (χ3n) is 3.35. The number of hydrogen-bond acceptors (Lipinski definition) is 0. The molecule has 74 valence electrons. The molecule has 3 rings (SSSR count). The van der Waals surface area contributed by atoms with Crippen LogP contribution in [0.1, 0.15) is 13.3 Å². The van der Waals surface area contributed by atoms with Crippen LogP contribution in [-0.4, -0.2) is 0 Å². The molecule has 1 unspecified atom stereocenters. The van der Waals surface area contributed by atoms with Crippen LogP contribution in [0.3, 0.4) is 0 Å². The Morgan fingerprint density at radius 1 is 0.933 bits per heavy atom. The predicted octanol–water partition coefficient (Wildman–Crippen LogP) is 3.87. The highest BCUT2D eigenvalue weighted by Gasteiger charge is 2.27. The van der Waals surface area contributed by atoms with Gasteiger partial charge in [0.15, 0.2) is 0 Å². The lowest BCUT2D eigenvalue weighted by Crippen LogP contribution is -2.17. The first-order valence-corrected chi connectivity index (χ1v) is 5.58. The third-order valence-corrected chi connectivity index (χ3v) is 3.35. The van der Waals surface area contributed by atoms with Crippen LogP contribution in [0.25, 0.3) is 0 Å². The van der Waals surface area contributed by atoms with Crippen molar-refractivity contribution < 1.29 is 0 Å². The van der Waals surface area contributed by atoms with Gasteiger partial charge in [0.05, 0.1) is 0 Å². The second kappa shape index (κ2) is 3.23. The van der Waals surface area contributed by atoms with Crippen molar-refractivity contribution in [2.45, 2.75) is 13.3 Å². The van der Waals surface area contributed by atoms with Crippen LogP contribution >= 0.6 is 0 Å². The molecule has 0 amide bonds. The van der Waals surface area contributed by atoms with E-state index in [4.69, 9.17) is 0 Å². The molecule has 0 saturated heterocycles. The largest absolute Gasteiger partial charge is 0.0617 e. The maximum atomic E-state index is 2.27. The van der Waals surface area contributed by atoms with Crippen molar-refractivity contribution in [2.75, 3.05) is 0 Å². The molecule has 0 fully saturated rings. The lowest BCUT2D eigenvalue weighted by molar-refractivity contribution is 0.838. The highest BCUT2D eigenvalue weighted by Crippen LogP contribution is 2.42. The van der Waals surface area contributed by atoms with Gasteiger partial charge in [-0.2, -0.15) is 0 Å². The summed E-state index contributed by atoms with van der Waals surface area (Å²) >= 11 is 0. The average molecular weight is 194 g/mol. The van der Waals surface area contributed by atoms with Crippen LogP contribution in [0.2, 0.25) is 0 Å². The van der Waals surface area contributed by atoms with E-state index in [2.05, 4.69) is 55.5 Å². The lowest BCUT2D eigenvalue weighted by atomic mass is 9.73. The topological polar surface area (TPSA) is 0 Å². The molecule has 0 nitrogen and oxygen atoms in total. The first-order valence-electron chi connectivity index (χ1n) is 5.58. The summed E-state index contributed by atoms with van der Waals surface area (Å²) in [5.74, 6) is 0.514. The highest BCUT2D eigenvalue weighted by atomic mass is 14.3. The first-order chi connectivity index (χ1) is 7.40. The molecule has 0 aliphatic heterocycles. The van der Waals surface area contributed by atoms with Crippen molar-refractivity contribution in [3.63, 3.8) is 0 Å². The second-order valence-corrected chi connectivity index (χ2v) is 4.15. The number of allylic oxidation sites excluding steroid dienone is 12. The fourth-order valence-electron chi connectivity index (χ4n) is 2.58. The van der Waals surface area contributed by atoms with Gasteiger partial charge in [-0.15, -0.1) is 0 Å². The van der Waals surface area contributed by atoms with Crippen molar-refractivity contribution >= 4 is 0 Å². The van der Waals surface area contributed by atoms with Gasteiger partial charge in [-0.25, -0.2) is 0 Å². The Kier molecular flexibility index (Phi) is 1.88. The summed E-state index contributed by atoms with van der Waals surface area (Å²) in [5.41, 5.74) is 5.84. The fraction of sp³-hybridized carbons (Fsp3) is 0.200. The minimum atomic E-state index is 0.514. The van der Waals surface area contributed by atoms with E-state index in [1.165, 1.54) is 22.3 Å². The Morgan fingerprint density at radius 3 is 2.47 bits per heavy atom. The van der Waals surface area contributed by atoms with Gasteiger partial charge in [0.2, 0.25) is 0 Å². The van der Waals surface area contributed by atoms with E-state index in [0.29, 0.717) is 5.92 Å². The molecular formula is C15H14. The molecule has 0 heteroatoms. The molecule has 0 aromatic heterocycles. The van der Waals surface area contributed by atoms with Crippen molar-refractivity contribution in [1.29, 1.82) is 0 Å². The molecule has 0 saturated carbocycles. The zero-order valence-electron chi connectivity index (χ0n) is 8.90. The molecule has 15 heavy (non-hydrogen) atoms. The van der Waals surface area contributed by atoms with Gasteiger partial charge in [-0.1, -0.05) is 55.5 Å². The molecule has 0 spiro atoms. The normalized spacial score (nSPS) is 26.3. The van der Waals surface area contributed by atoms with Gasteiger partial charge in [0, 0.05) is 5.92 Å². The van der Waals surface area contributed by atoms with E-state index in [1.807, 2.05) is 0 Å². The van der Waals surface area contributed by atoms with E-state index in [9.17, 15) is 0 Å². The first kappa shape index (κ1) is 8.72. The van der Waals surface area contributed by atoms with Gasteiger partial charge in [0.1, 0.15) is 0 Å². The molecule has 3 aliphatic rings. The Labute approximate surface area is 90.7 Å². The van der Waals surface area contributed by atoms with Gasteiger partial charge in [-0.05, 0) is 28.7 Å². The minimum absolute atomic E-state index is 0.514. The summed E-state index contributed by atoms with van der Waals surface area (Å²) in [7, 11) is 0. The molecule has 0 aromatic rings. The maximum absolute atomic E-state index is 2.27. The van der Waals surface area contributed by atoms with E-state index in [1.54, 1.807) is 0 Å². The Balaban J connectivity index is 2.19. The van der Waals surface area contributed by atoms with Crippen LogP contribution in [-0.2, 0) is 0 Å².